The van der Waals surface area contributed by atoms with Crippen molar-refractivity contribution in [3.05, 3.63) is 34.3 Å². The van der Waals surface area contributed by atoms with E-state index in [1.54, 1.807) is 6.08 Å². The van der Waals surface area contributed by atoms with Gasteiger partial charge in [-0.25, -0.2) is 4.79 Å². The normalized spacial score (nSPS) is 24.1. The second kappa shape index (κ2) is 3.80. The molecule has 1 aromatic carbocycles. The third-order valence-corrected chi connectivity index (χ3v) is 3.28. The van der Waals surface area contributed by atoms with Gasteiger partial charge in [0.05, 0.1) is 5.54 Å². The van der Waals surface area contributed by atoms with Crippen LogP contribution >= 0.6 is 11.6 Å². The lowest BCUT2D eigenvalue weighted by atomic mass is 9.78. The lowest BCUT2D eigenvalue weighted by Gasteiger charge is -2.31. The molecule has 1 aromatic rings. The van der Waals surface area contributed by atoms with Crippen LogP contribution in [0.5, 0.6) is 0 Å². The van der Waals surface area contributed by atoms with Gasteiger partial charge in [-0.1, -0.05) is 17.7 Å². The van der Waals surface area contributed by atoms with Crippen molar-refractivity contribution in [2.45, 2.75) is 31.7 Å². The number of hydrogen-bond donors (Lipinski definition) is 0. The highest BCUT2D eigenvalue weighted by atomic mass is 35.5. The summed E-state index contributed by atoms with van der Waals surface area (Å²) < 4.78 is 0. The Labute approximate surface area is 94.0 Å². The molecule has 2 nitrogen and oxygen atoms in total. The first kappa shape index (κ1) is 10.4. The Morgan fingerprint density at radius 2 is 2.33 bits per heavy atom. The summed E-state index contributed by atoms with van der Waals surface area (Å²) in [7, 11) is 0. The quantitative estimate of drug-likeness (QED) is 0.529. The number of aryl methyl sites for hydroxylation is 1. The fraction of sp³-hybridized carbons (Fsp3) is 0.417. The second-order valence-corrected chi connectivity index (χ2v) is 4.57. The van der Waals surface area contributed by atoms with Gasteiger partial charge in [-0.2, -0.15) is 4.99 Å². The molecular formula is C12H12ClNO. The number of aliphatic imine (C=N–C) groups is 1. The largest absolute Gasteiger partial charge is 0.235 e. The first-order valence-corrected chi connectivity index (χ1v) is 5.41. The number of halogens is 1. The summed E-state index contributed by atoms with van der Waals surface area (Å²) in [6.07, 6.45) is 4.63. The van der Waals surface area contributed by atoms with Crippen molar-refractivity contribution in [2.24, 2.45) is 4.99 Å². The number of isocyanates is 1. The lowest BCUT2D eigenvalue weighted by molar-refractivity contribution is 0.408. The van der Waals surface area contributed by atoms with Gasteiger partial charge in [0.15, 0.2) is 0 Å². The summed E-state index contributed by atoms with van der Waals surface area (Å²) in [4.78, 5) is 14.4. The van der Waals surface area contributed by atoms with Crippen LogP contribution in [0.15, 0.2) is 23.2 Å². The summed E-state index contributed by atoms with van der Waals surface area (Å²) in [5.74, 6) is 0. The molecule has 78 valence electrons. The number of carbonyl (C=O) groups excluding carboxylic acids is 1. The molecule has 0 amide bonds. The Morgan fingerprint density at radius 3 is 3.07 bits per heavy atom. The van der Waals surface area contributed by atoms with Crippen LogP contribution in [0, 0.1) is 0 Å². The third-order valence-electron chi connectivity index (χ3n) is 3.05. The zero-order valence-electron chi connectivity index (χ0n) is 8.59. The Morgan fingerprint density at radius 1 is 1.53 bits per heavy atom. The Balaban J connectivity index is 2.56. The summed E-state index contributed by atoms with van der Waals surface area (Å²) in [5, 5.41) is 0.744. The molecule has 0 spiro atoms. The minimum atomic E-state index is -0.403. The first-order chi connectivity index (χ1) is 7.15. The van der Waals surface area contributed by atoms with E-state index >= 15 is 0 Å². The van der Waals surface area contributed by atoms with E-state index < -0.39 is 5.54 Å². The van der Waals surface area contributed by atoms with E-state index in [2.05, 4.69) is 4.99 Å². The van der Waals surface area contributed by atoms with Crippen LogP contribution in [0.1, 0.15) is 30.9 Å². The maximum Gasteiger partial charge on any atom is 0.235 e. The molecule has 0 N–H and O–H groups in total. The molecule has 3 heteroatoms. The SMILES string of the molecule is CC1(N=C=O)CCCc2cc(Cl)ccc21. The van der Waals surface area contributed by atoms with E-state index in [1.807, 2.05) is 25.1 Å². The van der Waals surface area contributed by atoms with E-state index in [4.69, 9.17) is 11.6 Å². The molecule has 0 saturated heterocycles. The lowest BCUT2D eigenvalue weighted by Crippen LogP contribution is -2.25. The molecule has 0 saturated carbocycles. The number of benzene rings is 1. The number of nitrogens with zero attached hydrogens (tertiary/aromatic N) is 1. The average molecular weight is 222 g/mol. The molecule has 0 aromatic heterocycles. The van der Waals surface area contributed by atoms with Crippen LogP contribution in [-0.4, -0.2) is 6.08 Å². The number of hydrogen-bond acceptors (Lipinski definition) is 2. The highest BCUT2D eigenvalue weighted by Crippen LogP contribution is 2.38. The van der Waals surface area contributed by atoms with Crippen molar-refractivity contribution in [3.63, 3.8) is 0 Å². The predicted octanol–water partition coefficient (Wildman–Crippen LogP) is 3.23. The summed E-state index contributed by atoms with van der Waals surface area (Å²) in [6.45, 7) is 1.98. The van der Waals surface area contributed by atoms with Crippen molar-refractivity contribution in [1.29, 1.82) is 0 Å². The molecule has 0 radical (unpaired) electrons. The fourth-order valence-corrected chi connectivity index (χ4v) is 2.46. The maximum absolute atomic E-state index is 10.4. The van der Waals surface area contributed by atoms with E-state index in [0.29, 0.717) is 0 Å². The summed E-state index contributed by atoms with van der Waals surface area (Å²) in [5.41, 5.74) is 1.91. The predicted molar refractivity (Wildman–Crippen MR) is 59.9 cm³/mol. The van der Waals surface area contributed by atoms with Crippen molar-refractivity contribution in [1.82, 2.24) is 0 Å². The molecule has 2 rings (SSSR count). The molecule has 1 aliphatic carbocycles. The first-order valence-electron chi connectivity index (χ1n) is 5.04. The van der Waals surface area contributed by atoms with E-state index in [-0.39, 0.29) is 0 Å². The van der Waals surface area contributed by atoms with Gasteiger partial charge in [-0.15, -0.1) is 0 Å². The zero-order chi connectivity index (χ0) is 10.9. The maximum atomic E-state index is 10.4. The molecule has 0 heterocycles. The topological polar surface area (TPSA) is 29.4 Å². The Bertz CT molecular complexity index is 437. The number of fused-ring (bicyclic) bond motifs is 1. The van der Waals surface area contributed by atoms with E-state index in [9.17, 15) is 4.79 Å². The minimum Gasteiger partial charge on any atom is -0.211 e. The van der Waals surface area contributed by atoms with E-state index in [1.165, 1.54) is 5.56 Å². The van der Waals surface area contributed by atoms with Gasteiger partial charge in [0.1, 0.15) is 0 Å². The molecular weight excluding hydrogens is 210 g/mol. The van der Waals surface area contributed by atoms with Crippen LogP contribution in [0.3, 0.4) is 0 Å². The summed E-state index contributed by atoms with van der Waals surface area (Å²) >= 11 is 5.94. The minimum absolute atomic E-state index is 0.403. The van der Waals surface area contributed by atoms with Crippen molar-refractivity contribution in [3.8, 4) is 0 Å². The van der Waals surface area contributed by atoms with Gasteiger partial charge in [0.2, 0.25) is 6.08 Å². The van der Waals surface area contributed by atoms with Crippen LogP contribution in [0.4, 0.5) is 0 Å². The highest BCUT2D eigenvalue weighted by molar-refractivity contribution is 6.30. The van der Waals surface area contributed by atoms with Gasteiger partial charge in [0, 0.05) is 5.02 Å². The van der Waals surface area contributed by atoms with E-state index in [0.717, 1.165) is 29.8 Å². The van der Waals surface area contributed by atoms with Crippen LogP contribution in [0.2, 0.25) is 5.02 Å². The van der Waals surface area contributed by atoms with Crippen LogP contribution in [0.25, 0.3) is 0 Å². The van der Waals surface area contributed by atoms with Gasteiger partial charge in [-0.05, 0) is 49.4 Å². The van der Waals surface area contributed by atoms with Gasteiger partial charge in [-0.3, -0.25) is 0 Å². The average Bonchev–Trinajstić information content (AvgIpc) is 2.17. The molecule has 0 fully saturated rings. The molecule has 15 heavy (non-hydrogen) atoms. The monoisotopic (exact) mass is 221 g/mol. The van der Waals surface area contributed by atoms with Crippen molar-refractivity contribution < 1.29 is 4.79 Å². The van der Waals surface area contributed by atoms with Gasteiger partial charge < -0.3 is 0 Å². The molecule has 0 aliphatic heterocycles. The molecule has 1 aliphatic rings. The number of rotatable bonds is 1. The molecule has 0 bridgehead atoms. The molecule has 1 unspecified atom stereocenters. The zero-order valence-corrected chi connectivity index (χ0v) is 9.34. The highest BCUT2D eigenvalue weighted by Gasteiger charge is 2.31. The van der Waals surface area contributed by atoms with Crippen LogP contribution < -0.4 is 0 Å². The molecule has 1 atom stereocenters. The Kier molecular flexibility index (Phi) is 2.64. The second-order valence-electron chi connectivity index (χ2n) is 4.13. The van der Waals surface area contributed by atoms with Crippen molar-refractivity contribution in [2.75, 3.05) is 0 Å². The van der Waals surface area contributed by atoms with Gasteiger partial charge in [0.25, 0.3) is 0 Å². The Hall–Kier alpha value is -1.11. The summed E-state index contributed by atoms with van der Waals surface area (Å²) in [6, 6.07) is 5.79. The smallest absolute Gasteiger partial charge is 0.211 e. The standard InChI is InChI=1S/C12H12ClNO/c1-12(14-8-15)6-2-3-9-7-10(13)4-5-11(9)12/h4-5,7H,2-3,6H2,1H3. The fourth-order valence-electron chi connectivity index (χ4n) is 2.27. The van der Waals surface area contributed by atoms with Crippen LogP contribution in [-0.2, 0) is 16.8 Å². The third kappa shape index (κ3) is 1.83. The van der Waals surface area contributed by atoms with Gasteiger partial charge >= 0.3 is 0 Å². The van der Waals surface area contributed by atoms with Crippen molar-refractivity contribution >= 4 is 17.7 Å².